The molecule has 0 spiro atoms. The lowest BCUT2D eigenvalue weighted by atomic mass is 10.1. The molecule has 0 fully saturated rings. The zero-order chi connectivity index (χ0) is 19.6. The van der Waals surface area contributed by atoms with Gasteiger partial charge in [0.05, 0.1) is 11.5 Å². The highest BCUT2D eigenvalue weighted by molar-refractivity contribution is 6.03. The number of rotatable bonds is 8. The topological polar surface area (TPSA) is 111 Å². The molecule has 0 saturated heterocycles. The Kier molecular flexibility index (Phi) is 7.21. The van der Waals surface area contributed by atoms with Crippen LogP contribution >= 0.6 is 0 Å². The molecule has 8 nitrogen and oxygen atoms in total. The molecule has 140 valence electrons. The summed E-state index contributed by atoms with van der Waals surface area (Å²) in [6.07, 6.45) is 2.74. The minimum absolute atomic E-state index is 0.0512. The van der Waals surface area contributed by atoms with Crippen molar-refractivity contribution in [1.82, 2.24) is 5.32 Å². The maximum Gasteiger partial charge on any atom is 0.270 e. The Labute approximate surface area is 156 Å². The molecule has 0 aliphatic heterocycles. The van der Waals surface area contributed by atoms with Gasteiger partial charge in [0.15, 0.2) is 0 Å². The standard InChI is InChI=1S/C19H19N3O5/c1-27-11-10-20-19(24)15-5-3-6-16(13-15)21-18(23)9-8-14-4-2-7-17(12-14)22(25)26/h2-9,12-13H,10-11H2,1H3,(H,20,24)(H,21,23)/b9-8+. The van der Waals surface area contributed by atoms with Gasteiger partial charge in [-0.15, -0.1) is 0 Å². The number of hydrogen-bond donors (Lipinski definition) is 2. The summed E-state index contributed by atoms with van der Waals surface area (Å²) >= 11 is 0. The Hall–Kier alpha value is -3.52. The van der Waals surface area contributed by atoms with E-state index in [4.69, 9.17) is 4.74 Å². The van der Waals surface area contributed by atoms with E-state index in [9.17, 15) is 19.7 Å². The molecular formula is C19H19N3O5. The average Bonchev–Trinajstić information content (AvgIpc) is 2.67. The third-order valence-corrected chi connectivity index (χ3v) is 3.49. The number of hydrogen-bond acceptors (Lipinski definition) is 5. The zero-order valence-electron chi connectivity index (χ0n) is 14.7. The van der Waals surface area contributed by atoms with Gasteiger partial charge in [0.1, 0.15) is 0 Å². The van der Waals surface area contributed by atoms with Crippen LogP contribution in [0.5, 0.6) is 0 Å². The van der Waals surface area contributed by atoms with E-state index in [1.54, 1.807) is 43.5 Å². The van der Waals surface area contributed by atoms with Crippen molar-refractivity contribution in [1.29, 1.82) is 0 Å². The molecule has 2 aromatic carbocycles. The summed E-state index contributed by atoms with van der Waals surface area (Å²) in [6, 6.07) is 12.5. The summed E-state index contributed by atoms with van der Waals surface area (Å²) < 4.78 is 4.87. The predicted octanol–water partition coefficient (Wildman–Crippen LogP) is 2.62. The third-order valence-electron chi connectivity index (χ3n) is 3.49. The molecule has 0 aromatic heterocycles. The molecule has 0 aliphatic rings. The van der Waals surface area contributed by atoms with Crippen molar-refractivity contribution in [2.75, 3.05) is 25.6 Å². The fourth-order valence-corrected chi connectivity index (χ4v) is 2.20. The SMILES string of the molecule is COCCNC(=O)c1cccc(NC(=O)/C=C/c2cccc([N+](=O)[O-])c2)c1. The highest BCUT2D eigenvalue weighted by atomic mass is 16.6. The molecule has 0 heterocycles. The van der Waals surface area contributed by atoms with Crippen LogP contribution in [0.15, 0.2) is 54.6 Å². The average molecular weight is 369 g/mol. The minimum Gasteiger partial charge on any atom is -0.383 e. The Morgan fingerprint density at radius 3 is 2.70 bits per heavy atom. The molecule has 27 heavy (non-hydrogen) atoms. The molecule has 2 aromatic rings. The molecule has 0 bridgehead atoms. The first kappa shape index (κ1) is 19.8. The number of carbonyl (C=O) groups is 2. The van der Waals surface area contributed by atoms with Crippen LogP contribution in [0.2, 0.25) is 0 Å². The predicted molar refractivity (Wildman–Crippen MR) is 101 cm³/mol. The van der Waals surface area contributed by atoms with E-state index in [-0.39, 0.29) is 11.6 Å². The van der Waals surface area contributed by atoms with Crippen molar-refractivity contribution in [2.45, 2.75) is 0 Å². The number of ether oxygens (including phenoxy) is 1. The summed E-state index contributed by atoms with van der Waals surface area (Å²) in [5, 5.41) is 16.1. The molecule has 0 radical (unpaired) electrons. The molecule has 0 unspecified atom stereocenters. The molecule has 0 aliphatic carbocycles. The van der Waals surface area contributed by atoms with Gasteiger partial charge in [0, 0.05) is 43.1 Å². The number of nitro groups is 1. The van der Waals surface area contributed by atoms with E-state index in [1.165, 1.54) is 24.3 Å². The normalized spacial score (nSPS) is 10.6. The van der Waals surface area contributed by atoms with Gasteiger partial charge in [-0.2, -0.15) is 0 Å². The second-order valence-electron chi connectivity index (χ2n) is 5.50. The summed E-state index contributed by atoms with van der Waals surface area (Å²) in [5.41, 5.74) is 1.35. The van der Waals surface area contributed by atoms with Crippen LogP contribution in [0.4, 0.5) is 11.4 Å². The lowest BCUT2D eigenvalue weighted by Crippen LogP contribution is -2.27. The first-order valence-electron chi connectivity index (χ1n) is 8.10. The van der Waals surface area contributed by atoms with E-state index >= 15 is 0 Å². The van der Waals surface area contributed by atoms with E-state index < -0.39 is 10.8 Å². The quantitative estimate of drug-likeness (QED) is 0.322. The van der Waals surface area contributed by atoms with Crippen molar-refractivity contribution in [2.24, 2.45) is 0 Å². The number of methoxy groups -OCH3 is 1. The van der Waals surface area contributed by atoms with Crippen molar-refractivity contribution in [3.8, 4) is 0 Å². The molecular weight excluding hydrogens is 350 g/mol. The highest BCUT2D eigenvalue weighted by Gasteiger charge is 2.07. The fraction of sp³-hybridized carbons (Fsp3) is 0.158. The van der Waals surface area contributed by atoms with E-state index in [0.29, 0.717) is 30.0 Å². The van der Waals surface area contributed by atoms with Crippen LogP contribution in [-0.4, -0.2) is 37.0 Å². The Balaban J connectivity index is 1.99. The monoisotopic (exact) mass is 369 g/mol. The van der Waals surface area contributed by atoms with Crippen molar-refractivity contribution in [3.63, 3.8) is 0 Å². The molecule has 2 rings (SSSR count). The van der Waals surface area contributed by atoms with Crippen LogP contribution in [0.25, 0.3) is 6.08 Å². The van der Waals surface area contributed by atoms with Gasteiger partial charge in [-0.25, -0.2) is 0 Å². The van der Waals surface area contributed by atoms with Crippen LogP contribution in [-0.2, 0) is 9.53 Å². The number of benzene rings is 2. The molecule has 0 atom stereocenters. The molecule has 2 amide bonds. The highest BCUT2D eigenvalue weighted by Crippen LogP contribution is 2.15. The van der Waals surface area contributed by atoms with Crippen molar-refractivity contribution >= 4 is 29.3 Å². The van der Waals surface area contributed by atoms with E-state index in [2.05, 4.69) is 10.6 Å². The number of nitrogens with one attached hydrogen (secondary N) is 2. The van der Waals surface area contributed by atoms with Gasteiger partial charge in [-0.1, -0.05) is 18.2 Å². The van der Waals surface area contributed by atoms with Gasteiger partial charge in [0.2, 0.25) is 5.91 Å². The molecule has 8 heteroatoms. The molecule has 2 N–H and O–H groups in total. The number of amides is 2. The fourth-order valence-electron chi connectivity index (χ4n) is 2.20. The van der Waals surface area contributed by atoms with Gasteiger partial charge in [-0.05, 0) is 29.8 Å². The van der Waals surface area contributed by atoms with Crippen molar-refractivity contribution in [3.05, 3.63) is 75.8 Å². The van der Waals surface area contributed by atoms with Crippen molar-refractivity contribution < 1.29 is 19.2 Å². The van der Waals surface area contributed by atoms with Gasteiger partial charge in [0.25, 0.3) is 11.6 Å². The van der Waals surface area contributed by atoms with Crippen LogP contribution in [0, 0.1) is 10.1 Å². The number of nitrogens with zero attached hydrogens (tertiary/aromatic N) is 1. The molecule has 0 saturated carbocycles. The Morgan fingerprint density at radius 1 is 1.19 bits per heavy atom. The first-order chi connectivity index (χ1) is 13.0. The van der Waals surface area contributed by atoms with Crippen LogP contribution < -0.4 is 10.6 Å². The summed E-state index contributed by atoms with van der Waals surface area (Å²) in [7, 11) is 1.55. The van der Waals surface area contributed by atoms with Gasteiger partial charge < -0.3 is 15.4 Å². The van der Waals surface area contributed by atoms with E-state index in [0.717, 1.165) is 0 Å². The number of carbonyl (C=O) groups excluding carboxylic acids is 2. The van der Waals surface area contributed by atoms with Crippen LogP contribution in [0.1, 0.15) is 15.9 Å². The lowest BCUT2D eigenvalue weighted by molar-refractivity contribution is -0.384. The number of nitro benzene ring substituents is 1. The van der Waals surface area contributed by atoms with Gasteiger partial charge >= 0.3 is 0 Å². The van der Waals surface area contributed by atoms with Crippen LogP contribution in [0.3, 0.4) is 0 Å². The number of non-ortho nitro benzene ring substituents is 1. The summed E-state index contributed by atoms with van der Waals surface area (Å²) in [6.45, 7) is 0.794. The number of anilines is 1. The second kappa shape index (κ2) is 9.83. The van der Waals surface area contributed by atoms with Gasteiger partial charge in [-0.3, -0.25) is 19.7 Å². The zero-order valence-corrected chi connectivity index (χ0v) is 14.7. The summed E-state index contributed by atoms with van der Waals surface area (Å²) in [5.74, 6) is -0.686. The Morgan fingerprint density at radius 2 is 1.96 bits per heavy atom. The first-order valence-corrected chi connectivity index (χ1v) is 8.10. The maximum atomic E-state index is 12.0. The lowest BCUT2D eigenvalue weighted by Gasteiger charge is -2.07. The Bertz CT molecular complexity index is 864. The largest absolute Gasteiger partial charge is 0.383 e. The summed E-state index contributed by atoms with van der Waals surface area (Å²) in [4.78, 5) is 34.3. The second-order valence-corrected chi connectivity index (χ2v) is 5.50. The maximum absolute atomic E-state index is 12.0. The smallest absolute Gasteiger partial charge is 0.270 e. The minimum atomic E-state index is -0.499. The van der Waals surface area contributed by atoms with E-state index in [1.807, 2.05) is 0 Å². The third kappa shape index (κ3) is 6.37.